The summed E-state index contributed by atoms with van der Waals surface area (Å²) in [5, 5.41) is 15.5. The molecule has 0 aliphatic heterocycles. The van der Waals surface area contributed by atoms with Crippen molar-refractivity contribution >= 4 is 0 Å². The fourth-order valence-electron chi connectivity index (χ4n) is 2.75. The number of para-hydroxylation sites is 1. The van der Waals surface area contributed by atoms with Gasteiger partial charge in [-0.15, -0.1) is 0 Å². The molecule has 0 amide bonds. The quantitative estimate of drug-likeness (QED) is 0.755. The molecule has 0 saturated heterocycles. The van der Waals surface area contributed by atoms with Crippen LogP contribution in [0.25, 0.3) is 16.8 Å². The molecule has 0 radical (unpaired) electrons. The SMILES string of the molecule is Cc1ccc(-c2c(CC(C)C)nn(-c3ccccc3)c2O)cc1. The highest BCUT2D eigenvalue weighted by atomic mass is 16.3. The lowest BCUT2D eigenvalue weighted by Crippen LogP contribution is -1.99. The van der Waals surface area contributed by atoms with Crippen LogP contribution in [0.4, 0.5) is 0 Å². The molecule has 0 aliphatic rings. The van der Waals surface area contributed by atoms with Crippen molar-refractivity contribution in [2.24, 2.45) is 5.92 Å². The number of aromatic nitrogens is 2. The minimum Gasteiger partial charge on any atom is -0.493 e. The van der Waals surface area contributed by atoms with E-state index in [4.69, 9.17) is 0 Å². The van der Waals surface area contributed by atoms with Crippen molar-refractivity contribution in [3.05, 3.63) is 65.9 Å². The smallest absolute Gasteiger partial charge is 0.222 e. The van der Waals surface area contributed by atoms with Crippen molar-refractivity contribution < 1.29 is 5.11 Å². The third kappa shape index (κ3) is 3.14. The van der Waals surface area contributed by atoms with E-state index in [1.807, 2.05) is 42.5 Å². The summed E-state index contributed by atoms with van der Waals surface area (Å²) in [6, 6.07) is 18.0. The Morgan fingerprint density at radius 1 is 1.00 bits per heavy atom. The van der Waals surface area contributed by atoms with Gasteiger partial charge in [0.05, 0.1) is 16.9 Å². The van der Waals surface area contributed by atoms with Crippen molar-refractivity contribution in [2.45, 2.75) is 27.2 Å². The molecule has 23 heavy (non-hydrogen) atoms. The summed E-state index contributed by atoms with van der Waals surface area (Å²) >= 11 is 0. The zero-order valence-corrected chi connectivity index (χ0v) is 13.8. The molecule has 0 fully saturated rings. The Hall–Kier alpha value is -2.55. The van der Waals surface area contributed by atoms with E-state index in [-0.39, 0.29) is 5.88 Å². The average molecular weight is 306 g/mol. The van der Waals surface area contributed by atoms with Crippen LogP contribution in [0.5, 0.6) is 5.88 Å². The Balaban J connectivity index is 2.16. The van der Waals surface area contributed by atoms with Gasteiger partial charge in [-0.05, 0) is 37.0 Å². The van der Waals surface area contributed by atoms with Gasteiger partial charge >= 0.3 is 0 Å². The van der Waals surface area contributed by atoms with Crippen molar-refractivity contribution in [3.8, 4) is 22.7 Å². The van der Waals surface area contributed by atoms with E-state index in [1.54, 1.807) is 4.68 Å². The largest absolute Gasteiger partial charge is 0.493 e. The van der Waals surface area contributed by atoms with Gasteiger partial charge in [-0.2, -0.15) is 5.10 Å². The van der Waals surface area contributed by atoms with E-state index in [1.165, 1.54) is 5.56 Å². The summed E-state index contributed by atoms with van der Waals surface area (Å²) in [7, 11) is 0. The minimum absolute atomic E-state index is 0.204. The van der Waals surface area contributed by atoms with Gasteiger partial charge in [0.1, 0.15) is 0 Å². The molecular formula is C20H22N2O. The van der Waals surface area contributed by atoms with E-state index < -0.39 is 0 Å². The van der Waals surface area contributed by atoms with Crippen LogP contribution >= 0.6 is 0 Å². The molecule has 0 saturated carbocycles. The highest BCUT2D eigenvalue weighted by Crippen LogP contribution is 2.35. The monoisotopic (exact) mass is 306 g/mol. The first-order valence-corrected chi connectivity index (χ1v) is 7.99. The fraction of sp³-hybridized carbons (Fsp3) is 0.250. The minimum atomic E-state index is 0.204. The molecule has 1 heterocycles. The average Bonchev–Trinajstić information content (AvgIpc) is 2.85. The second-order valence-corrected chi connectivity index (χ2v) is 6.36. The first-order valence-electron chi connectivity index (χ1n) is 7.99. The number of rotatable bonds is 4. The lowest BCUT2D eigenvalue weighted by atomic mass is 9.99. The number of nitrogens with zero attached hydrogens (tertiary/aromatic N) is 2. The van der Waals surface area contributed by atoms with Gasteiger partial charge < -0.3 is 5.11 Å². The molecule has 0 spiro atoms. The predicted octanol–water partition coefficient (Wildman–Crippen LogP) is 4.75. The van der Waals surface area contributed by atoms with Crippen molar-refractivity contribution in [1.82, 2.24) is 9.78 Å². The first-order chi connectivity index (χ1) is 11.1. The maximum absolute atomic E-state index is 10.8. The fourth-order valence-corrected chi connectivity index (χ4v) is 2.75. The molecule has 118 valence electrons. The van der Waals surface area contributed by atoms with Gasteiger partial charge in [0.25, 0.3) is 0 Å². The Morgan fingerprint density at radius 3 is 2.26 bits per heavy atom. The topological polar surface area (TPSA) is 38.0 Å². The maximum Gasteiger partial charge on any atom is 0.222 e. The van der Waals surface area contributed by atoms with Gasteiger partial charge in [0.15, 0.2) is 0 Å². The molecular weight excluding hydrogens is 284 g/mol. The summed E-state index contributed by atoms with van der Waals surface area (Å²) in [6.07, 6.45) is 0.830. The Morgan fingerprint density at radius 2 is 1.65 bits per heavy atom. The molecule has 0 bridgehead atoms. The number of hydrogen-bond acceptors (Lipinski definition) is 2. The van der Waals surface area contributed by atoms with E-state index in [9.17, 15) is 5.11 Å². The molecule has 1 aromatic heterocycles. The normalized spacial score (nSPS) is 11.1. The van der Waals surface area contributed by atoms with Crippen LogP contribution in [0.2, 0.25) is 0 Å². The highest BCUT2D eigenvalue weighted by Gasteiger charge is 2.20. The molecule has 0 unspecified atom stereocenters. The second-order valence-electron chi connectivity index (χ2n) is 6.36. The predicted molar refractivity (Wildman–Crippen MR) is 93.9 cm³/mol. The third-order valence-corrected chi connectivity index (χ3v) is 3.88. The van der Waals surface area contributed by atoms with E-state index in [0.717, 1.165) is 28.9 Å². The summed E-state index contributed by atoms with van der Waals surface area (Å²) in [4.78, 5) is 0. The van der Waals surface area contributed by atoms with Gasteiger partial charge in [-0.1, -0.05) is 61.9 Å². The number of benzene rings is 2. The van der Waals surface area contributed by atoms with Gasteiger partial charge in [0, 0.05) is 0 Å². The highest BCUT2D eigenvalue weighted by molar-refractivity contribution is 5.72. The van der Waals surface area contributed by atoms with E-state index in [2.05, 4.69) is 38.0 Å². The van der Waals surface area contributed by atoms with Crippen LogP contribution in [-0.2, 0) is 6.42 Å². The lowest BCUT2D eigenvalue weighted by Gasteiger charge is -2.06. The van der Waals surface area contributed by atoms with Crippen LogP contribution in [0, 0.1) is 12.8 Å². The summed E-state index contributed by atoms with van der Waals surface area (Å²) in [5.41, 5.74) is 4.85. The molecule has 3 aromatic rings. The van der Waals surface area contributed by atoms with Crippen molar-refractivity contribution in [2.75, 3.05) is 0 Å². The molecule has 3 rings (SSSR count). The summed E-state index contributed by atoms with van der Waals surface area (Å²) < 4.78 is 1.63. The van der Waals surface area contributed by atoms with Gasteiger partial charge in [-0.25, -0.2) is 4.68 Å². The third-order valence-electron chi connectivity index (χ3n) is 3.88. The van der Waals surface area contributed by atoms with Crippen LogP contribution in [0.3, 0.4) is 0 Å². The summed E-state index contributed by atoms with van der Waals surface area (Å²) in [5.74, 6) is 0.674. The molecule has 0 atom stereocenters. The van der Waals surface area contributed by atoms with Gasteiger partial charge in [0.2, 0.25) is 5.88 Å². The first kappa shape index (κ1) is 15.3. The van der Waals surface area contributed by atoms with Crippen LogP contribution < -0.4 is 0 Å². The van der Waals surface area contributed by atoms with Crippen LogP contribution in [0.15, 0.2) is 54.6 Å². The lowest BCUT2D eigenvalue weighted by molar-refractivity contribution is 0.435. The Kier molecular flexibility index (Phi) is 4.20. The zero-order chi connectivity index (χ0) is 16.4. The van der Waals surface area contributed by atoms with E-state index >= 15 is 0 Å². The molecule has 2 aromatic carbocycles. The van der Waals surface area contributed by atoms with Crippen molar-refractivity contribution in [3.63, 3.8) is 0 Å². The van der Waals surface area contributed by atoms with Gasteiger partial charge in [-0.3, -0.25) is 0 Å². The number of aryl methyl sites for hydroxylation is 1. The molecule has 3 nitrogen and oxygen atoms in total. The maximum atomic E-state index is 10.8. The Bertz CT molecular complexity index is 787. The standard InChI is InChI=1S/C20H22N2O/c1-14(2)13-18-19(16-11-9-15(3)10-12-16)20(23)22(21-18)17-7-5-4-6-8-17/h4-12,14,23H,13H2,1-3H3. The second kappa shape index (κ2) is 6.29. The molecule has 1 N–H and O–H groups in total. The van der Waals surface area contributed by atoms with Crippen LogP contribution in [-0.4, -0.2) is 14.9 Å². The number of aromatic hydroxyl groups is 1. The Labute approximate surface area is 137 Å². The van der Waals surface area contributed by atoms with Crippen LogP contribution in [0.1, 0.15) is 25.1 Å². The molecule has 0 aliphatic carbocycles. The number of hydrogen-bond donors (Lipinski definition) is 1. The summed E-state index contributed by atoms with van der Waals surface area (Å²) in [6.45, 7) is 6.39. The zero-order valence-electron chi connectivity index (χ0n) is 13.8. The molecule has 3 heteroatoms. The van der Waals surface area contributed by atoms with Crippen molar-refractivity contribution in [1.29, 1.82) is 0 Å². The van der Waals surface area contributed by atoms with E-state index in [0.29, 0.717) is 5.92 Å².